The molecule has 238 valence electrons. The minimum Gasteiger partial charge on any atom is -0.399 e. The highest BCUT2D eigenvalue weighted by Crippen LogP contribution is 2.22. The van der Waals surface area contributed by atoms with E-state index < -0.39 is 5.56 Å². The quantitative estimate of drug-likeness (QED) is 0.0803. The van der Waals surface area contributed by atoms with Crippen molar-refractivity contribution in [2.75, 3.05) is 57.0 Å². The monoisotopic (exact) mass is 607 g/mol. The summed E-state index contributed by atoms with van der Waals surface area (Å²) in [5.74, 6) is -0.304. The van der Waals surface area contributed by atoms with Crippen LogP contribution in [0.15, 0.2) is 53.5 Å². The van der Waals surface area contributed by atoms with Crippen molar-refractivity contribution in [2.24, 2.45) is 11.5 Å². The third kappa shape index (κ3) is 10.9. The van der Waals surface area contributed by atoms with Crippen molar-refractivity contribution in [2.45, 2.75) is 33.9 Å². The first-order valence-electron chi connectivity index (χ1n) is 14.7. The molecule has 0 unspecified atom stereocenters. The Hall–Kier alpha value is -4.59. The van der Waals surface area contributed by atoms with Gasteiger partial charge in [-0.1, -0.05) is 38.1 Å². The largest absolute Gasteiger partial charge is 0.399 e. The lowest BCUT2D eigenvalue weighted by atomic mass is 10.1. The van der Waals surface area contributed by atoms with Gasteiger partial charge in [-0.05, 0) is 30.7 Å². The fourth-order valence-electron chi connectivity index (χ4n) is 4.27. The van der Waals surface area contributed by atoms with Crippen molar-refractivity contribution in [3.05, 3.63) is 75.7 Å². The van der Waals surface area contributed by atoms with Crippen molar-refractivity contribution in [1.82, 2.24) is 19.8 Å². The summed E-state index contributed by atoms with van der Waals surface area (Å²) in [7, 11) is 0. The van der Waals surface area contributed by atoms with Gasteiger partial charge < -0.3 is 32.6 Å². The van der Waals surface area contributed by atoms with Gasteiger partial charge in [0.2, 0.25) is 5.91 Å². The zero-order chi connectivity index (χ0) is 32.5. The molecular weight excluding hydrogens is 562 g/mol. The van der Waals surface area contributed by atoms with Crippen LogP contribution in [0.5, 0.6) is 0 Å². The van der Waals surface area contributed by atoms with E-state index in [-0.39, 0.29) is 30.7 Å². The van der Waals surface area contributed by atoms with Crippen molar-refractivity contribution < 1.29 is 14.3 Å². The van der Waals surface area contributed by atoms with E-state index >= 15 is 0 Å². The molecule has 4 rings (SSSR count). The first kappa shape index (κ1) is 35.6. The third-order valence-electron chi connectivity index (χ3n) is 6.41. The number of morpholine rings is 1. The molecule has 13 nitrogen and oxygen atoms in total. The van der Waals surface area contributed by atoms with Gasteiger partial charge in [-0.2, -0.15) is 0 Å². The van der Waals surface area contributed by atoms with Crippen LogP contribution >= 0.6 is 0 Å². The van der Waals surface area contributed by atoms with Gasteiger partial charge in [-0.15, -0.1) is 0 Å². The lowest BCUT2D eigenvalue weighted by molar-refractivity contribution is -0.121. The topological polar surface area (TPSA) is 207 Å². The molecule has 0 bridgehead atoms. The predicted octanol–water partition coefficient (Wildman–Crippen LogP) is 1.64. The number of aromatic nitrogens is 2. The minimum atomic E-state index is -0.467. The number of hydrogen-bond donors (Lipinski definition) is 6. The third-order valence-corrected chi connectivity index (χ3v) is 6.41. The number of nitrogens with zero attached hydrogens (tertiary/aromatic N) is 3. The van der Waals surface area contributed by atoms with Crippen LogP contribution in [-0.2, 0) is 22.6 Å². The van der Waals surface area contributed by atoms with Crippen LogP contribution < -0.4 is 33.4 Å². The fourth-order valence-corrected chi connectivity index (χ4v) is 4.27. The molecule has 0 radical (unpaired) electrons. The second kappa shape index (κ2) is 18.8. The smallest absolute Gasteiger partial charge is 0.294 e. The maximum Gasteiger partial charge on any atom is 0.294 e. The molecule has 13 heteroatoms. The summed E-state index contributed by atoms with van der Waals surface area (Å²) in [6.45, 7) is 11.9. The first-order valence-corrected chi connectivity index (χ1v) is 14.7. The molecule has 9 N–H and O–H groups in total. The van der Waals surface area contributed by atoms with E-state index in [0.717, 1.165) is 45.0 Å². The number of nitrogens with one attached hydrogen (secondary N) is 3. The van der Waals surface area contributed by atoms with E-state index in [1.54, 1.807) is 36.4 Å². The fraction of sp³-hybridized carbons (Fsp3) is 0.387. The molecule has 2 aromatic carbocycles. The standard InChI is InChI=1S/C23H25N7O3.C6H14N2O.C2H6/c1-2-27-22-23(33)30(19(11-29-22)17-7-15(13-31)8-18(24)9-17)12-20(32)28-10-14-3-5-16(6-4-14)21(25)26;7-1-2-8-3-5-9-6-4-8;1-2/h3-9,11,13H,2,10,12,24H2,1H3,(H3,25,26)(H,27,29)(H,28,32);1-7H2;1-2H3. The van der Waals surface area contributed by atoms with Gasteiger partial charge in [-0.25, -0.2) is 4.98 Å². The van der Waals surface area contributed by atoms with Crippen LogP contribution in [0.3, 0.4) is 0 Å². The highest BCUT2D eigenvalue weighted by Gasteiger charge is 2.16. The van der Waals surface area contributed by atoms with Crippen LogP contribution in [0.25, 0.3) is 11.3 Å². The number of nitrogen functional groups attached to an aromatic ring is 2. The summed E-state index contributed by atoms with van der Waals surface area (Å²) in [5.41, 5.74) is 19.2. The van der Waals surface area contributed by atoms with Crippen molar-refractivity contribution >= 4 is 29.5 Å². The predicted molar refractivity (Wildman–Crippen MR) is 175 cm³/mol. The average molecular weight is 608 g/mol. The summed E-state index contributed by atoms with van der Waals surface area (Å²) < 4.78 is 6.46. The van der Waals surface area contributed by atoms with Crippen molar-refractivity contribution in [1.29, 1.82) is 5.41 Å². The molecule has 0 spiro atoms. The minimum absolute atomic E-state index is 0.0362. The SMILES string of the molecule is CC.CCNc1ncc(-c2cc(N)cc(C=O)c2)n(CC(=O)NCc2ccc(C(=N)N)cc2)c1=O.NCCN1CCOCC1. The average Bonchev–Trinajstić information content (AvgIpc) is 3.04. The number of anilines is 2. The Morgan fingerprint density at radius 2 is 1.82 bits per heavy atom. The van der Waals surface area contributed by atoms with Crippen LogP contribution in [0.1, 0.15) is 42.3 Å². The molecule has 1 aromatic heterocycles. The highest BCUT2D eigenvalue weighted by molar-refractivity contribution is 5.94. The lowest BCUT2D eigenvalue weighted by Crippen LogP contribution is -2.39. The molecular formula is C31H45N9O4. The van der Waals surface area contributed by atoms with Gasteiger partial charge in [0.1, 0.15) is 18.7 Å². The van der Waals surface area contributed by atoms with Gasteiger partial charge in [-0.3, -0.25) is 29.3 Å². The summed E-state index contributed by atoms with van der Waals surface area (Å²) in [5, 5.41) is 13.1. The second-order valence-electron chi connectivity index (χ2n) is 9.55. The van der Waals surface area contributed by atoms with E-state index in [9.17, 15) is 14.4 Å². The molecule has 3 aromatic rings. The van der Waals surface area contributed by atoms with Crippen molar-refractivity contribution in [3.8, 4) is 11.3 Å². The van der Waals surface area contributed by atoms with Crippen LogP contribution in [0.4, 0.5) is 11.5 Å². The normalized spacial score (nSPS) is 12.5. The molecule has 2 heterocycles. The Balaban J connectivity index is 0.000000519. The Labute approximate surface area is 258 Å². The highest BCUT2D eigenvalue weighted by atomic mass is 16.5. The van der Waals surface area contributed by atoms with E-state index in [0.29, 0.717) is 40.9 Å². The number of amides is 1. The molecule has 1 saturated heterocycles. The van der Waals surface area contributed by atoms with Crippen molar-refractivity contribution in [3.63, 3.8) is 0 Å². The lowest BCUT2D eigenvalue weighted by Gasteiger charge is -2.25. The number of nitrogens with two attached hydrogens (primary N) is 3. The number of rotatable bonds is 11. The molecule has 1 amide bonds. The number of amidine groups is 1. The van der Waals surface area contributed by atoms with Gasteiger partial charge in [0.05, 0.1) is 25.1 Å². The number of carbonyl (C=O) groups excluding carboxylic acids is 2. The van der Waals surface area contributed by atoms with Crippen LogP contribution in [0, 0.1) is 5.41 Å². The summed E-state index contributed by atoms with van der Waals surface area (Å²) in [6, 6.07) is 11.6. The van der Waals surface area contributed by atoms with Gasteiger partial charge in [0.25, 0.3) is 5.56 Å². The second-order valence-corrected chi connectivity index (χ2v) is 9.55. The summed E-state index contributed by atoms with van der Waals surface area (Å²) in [4.78, 5) is 43.5. The number of aldehydes is 1. The maximum absolute atomic E-state index is 13.0. The van der Waals surface area contributed by atoms with E-state index in [1.165, 1.54) is 16.8 Å². The molecule has 44 heavy (non-hydrogen) atoms. The first-order chi connectivity index (χ1) is 21.2. The maximum atomic E-state index is 13.0. The molecule has 1 aliphatic heterocycles. The van der Waals surface area contributed by atoms with E-state index in [4.69, 9.17) is 27.3 Å². The summed E-state index contributed by atoms with van der Waals surface area (Å²) >= 11 is 0. The number of hydrogen-bond acceptors (Lipinski definition) is 10. The molecule has 0 atom stereocenters. The Kier molecular flexibility index (Phi) is 15.2. The molecule has 0 aliphatic carbocycles. The number of ether oxygens (including phenoxy) is 1. The van der Waals surface area contributed by atoms with E-state index in [1.807, 2.05) is 20.8 Å². The Morgan fingerprint density at radius 1 is 1.14 bits per heavy atom. The van der Waals surface area contributed by atoms with Gasteiger partial charge in [0.15, 0.2) is 5.82 Å². The summed E-state index contributed by atoms with van der Waals surface area (Å²) in [6.07, 6.45) is 2.13. The molecule has 1 aliphatic rings. The zero-order valence-electron chi connectivity index (χ0n) is 25.8. The zero-order valence-corrected chi connectivity index (χ0v) is 25.8. The number of benzene rings is 2. The van der Waals surface area contributed by atoms with E-state index in [2.05, 4.69) is 20.5 Å². The van der Waals surface area contributed by atoms with Crippen LogP contribution in [0.2, 0.25) is 0 Å². The van der Waals surface area contributed by atoms with Gasteiger partial charge in [0, 0.05) is 61.6 Å². The molecule has 1 fully saturated rings. The van der Waals surface area contributed by atoms with Gasteiger partial charge >= 0.3 is 0 Å². The Bertz CT molecular complexity index is 1420. The Morgan fingerprint density at radius 3 is 2.41 bits per heavy atom. The number of carbonyl (C=O) groups is 2. The van der Waals surface area contributed by atoms with Crippen LogP contribution in [-0.4, -0.2) is 78.4 Å². The molecule has 0 saturated carbocycles.